The van der Waals surface area contributed by atoms with Crippen LogP contribution in [0.25, 0.3) is 45.0 Å². The van der Waals surface area contributed by atoms with Crippen molar-refractivity contribution >= 4 is 51.6 Å². The molecule has 0 spiro atoms. The van der Waals surface area contributed by atoms with Gasteiger partial charge in [0.05, 0.1) is 41.0 Å². The fourth-order valence-electron chi connectivity index (χ4n) is 10.7. The molecule has 2 aliphatic rings. The number of esters is 4. The second-order valence-corrected chi connectivity index (χ2v) is 26.4. The molecule has 0 unspecified atom stereocenters. The van der Waals surface area contributed by atoms with Crippen LogP contribution in [0.3, 0.4) is 0 Å². The molecule has 93 heavy (non-hydrogen) atoms. The van der Waals surface area contributed by atoms with Gasteiger partial charge in [0.25, 0.3) is 0 Å². The second-order valence-electron chi connectivity index (χ2n) is 25.5. The van der Waals surface area contributed by atoms with E-state index < -0.39 is 40.9 Å². The summed E-state index contributed by atoms with van der Waals surface area (Å²) in [5.74, 6) is -3.28. The Morgan fingerprint density at radius 1 is 0.495 bits per heavy atom. The molecule has 0 saturated carbocycles. The molecule has 8 aromatic rings. The summed E-state index contributed by atoms with van der Waals surface area (Å²) in [6, 6.07) is 47.3. The van der Waals surface area contributed by atoms with Crippen molar-refractivity contribution in [3.05, 3.63) is 215 Å². The monoisotopic (exact) mass is 1320 g/mol. The summed E-state index contributed by atoms with van der Waals surface area (Å²) in [5, 5.41) is 0. The highest BCUT2D eigenvalue weighted by Gasteiger charge is 2.42. The van der Waals surface area contributed by atoms with Gasteiger partial charge >= 0.3 is 23.9 Å². The number of hydrogen-bond donors (Lipinski definition) is 0. The lowest BCUT2D eigenvalue weighted by molar-refractivity contribution is -0.170. The number of ether oxygens (including phenoxy) is 4. The fraction of sp³-hybridized carbons (Fsp3) is 0.333. The van der Waals surface area contributed by atoms with Gasteiger partial charge in [0.15, 0.2) is 11.6 Å². The minimum absolute atomic E-state index is 0.0587. The molecule has 6 aromatic carbocycles. The van der Waals surface area contributed by atoms with Crippen molar-refractivity contribution in [2.45, 2.75) is 111 Å². The van der Waals surface area contributed by atoms with Crippen LogP contribution in [0.4, 0.5) is 4.39 Å². The zero-order chi connectivity index (χ0) is 66.2. The molecule has 2 saturated heterocycles. The van der Waals surface area contributed by atoms with Gasteiger partial charge in [0.1, 0.15) is 30.2 Å². The highest BCUT2D eigenvalue weighted by molar-refractivity contribution is 9.10. The molecule has 0 bridgehead atoms. The average molecular weight is 1320 g/mol. The molecule has 0 radical (unpaired) electrons. The van der Waals surface area contributed by atoms with E-state index in [-0.39, 0.29) is 87.7 Å². The highest BCUT2D eigenvalue weighted by Crippen LogP contribution is 2.32. The Hall–Kier alpha value is -9.29. The van der Waals surface area contributed by atoms with Gasteiger partial charge in [-0.25, -0.2) is 24.3 Å². The Kier molecular flexibility index (Phi) is 23.0. The zero-order valence-corrected chi connectivity index (χ0v) is 55.1. The number of carbonyl (C=O) groups is 6. The molecule has 0 aliphatic carbocycles. The number of carbonyl (C=O) groups excluding carboxylic acids is 6. The summed E-state index contributed by atoms with van der Waals surface area (Å²) >= 11 is 3.34. The van der Waals surface area contributed by atoms with Crippen LogP contribution in [-0.2, 0) is 80.2 Å². The van der Waals surface area contributed by atoms with Gasteiger partial charge in [-0.05, 0) is 122 Å². The normalized spacial score (nSPS) is 13.9. The van der Waals surface area contributed by atoms with Crippen molar-refractivity contribution in [3.8, 4) is 45.0 Å². The first kappa shape index (κ1) is 68.1. The van der Waals surface area contributed by atoms with Crippen LogP contribution in [0.2, 0.25) is 0 Å². The van der Waals surface area contributed by atoms with E-state index in [1.807, 2.05) is 169 Å². The van der Waals surface area contributed by atoms with Crippen molar-refractivity contribution < 1.29 is 52.1 Å². The predicted molar refractivity (Wildman–Crippen MR) is 355 cm³/mol. The standard InChI is InChI=1S/C45H46FN3O5.C30H32BrN3O5/c1-5-9-30-12-16-33(17-13-30)35-20-21-39(40(46)23-35)37-25-47-42(48-26-37)34-18-14-31(15-19-34)22-36(24-41(50)53-29-32-10-7-6-8-11-32)43(51)49-27-38(28-49)44(52)54-45(2,3)4;1-30(2,3)39-29(37)24-17-34(18-24)28(36)23(14-26(35)38-19-21-7-5-4-6-8-21)13-20-9-11-22(12-10-20)27-32-15-25(31)16-33-27/h6-8,10-21,23,25-26,36,38H,5,9,22,24,27-29H2,1-4H3;4-12,15-16,23-24H,13-14,17-19H2,1-3H3/t36-;23-/m11/s1. The van der Waals surface area contributed by atoms with Gasteiger partial charge in [-0.3, -0.25) is 28.8 Å². The van der Waals surface area contributed by atoms with Crippen LogP contribution in [0.15, 0.2) is 181 Å². The summed E-state index contributed by atoms with van der Waals surface area (Å²) in [5.41, 5.74) is 7.89. The molecule has 2 amide bonds. The molecule has 482 valence electrons. The van der Waals surface area contributed by atoms with Gasteiger partial charge < -0.3 is 28.7 Å². The van der Waals surface area contributed by atoms with Crippen LogP contribution >= 0.6 is 15.9 Å². The van der Waals surface area contributed by atoms with Crippen molar-refractivity contribution in [2.24, 2.45) is 23.7 Å². The fourth-order valence-corrected chi connectivity index (χ4v) is 10.9. The summed E-state index contributed by atoms with van der Waals surface area (Å²) in [6.45, 7) is 14.3. The molecule has 18 heteroatoms. The Bertz CT molecular complexity index is 3830. The molecular formula is C75H78BrFN6O10. The van der Waals surface area contributed by atoms with Gasteiger partial charge in [0.2, 0.25) is 11.8 Å². The summed E-state index contributed by atoms with van der Waals surface area (Å²) in [6.07, 6.45) is 9.18. The third-order valence-electron chi connectivity index (χ3n) is 15.6. The Morgan fingerprint density at radius 2 is 0.882 bits per heavy atom. The van der Waals surface area contributed by atoms with E-state index in [0.29, 0.717) is 35.6 Å². The number of aromatic nitrogens is 4. The van der Waals surface area contributed by atoms with Crippen LogP contribution in [0.1, 0.15) is 95.5 Å². The lowest BCUT2D eigenvalue weighted by atomic mass is 9.91. The molecule has 10 rings (SSSR count). The molecule has 2 aliphatic heterocycles. The minimum atomic E-state index is -0.684. The predicted octanol–water partition coefficient (Wildman–Crippen LogP) is 13.7. The first-order valence-electron chi connectivity index (χ1n) is 31.3. The molecule has 2 fully saturated rings. The van der Waals surface area contributed by atoms with E-state index in [1.165, 1.54) is 5.56 Å². The summed E-state index contributed by atoms with van der Waals surface area (Å²) < 4.78 is 38.1. The third kappa shape index (κ3) is 19.9. The number of benzene rings is 6. The Balaban J connectivity index is 0.000000231. The van der Waals surface area contributed by atoms with E-state index in [1.54, 1.807) is 46.7 Å². The van der Waals surface area contributed by atoms with Crippen molar-refractivity contribution in [2.75, 3.05) is 26.2 Å². The van der Waals surface area contributed by atoms with Crippen LogP contribution in [-0.4, -0.2) is 103 Å². The summed E-state index contributed by atoms with van der Waals surface area (Å²) in [4.78, 5) is 98.7. The lowest BCUT2D eigenvalue weighted by Crippen LogP contribution is -2.56. The Morgan fingerprint density at radius 3 is 1.28 bits per heavy atom. The minimum Gasteiger partial charge on any atom is -0.461 e. The average Bonchev–Trinajstić information content (AvgIpc) is 0.948. The number of nitrogens with zero attached hydrogens (tertiary/aromatic N) is 6. The number of amides is 2. The van der Waals surface area contributed by atoms with E-state index in [4.69, 9.17) is 18.9 Å². The number of likely N-dealkylation sites (tertiary alicyclic amines) is 2. The number of rotatable bonds is 22. The largest absolute Gasteiger partial charge is 0.461 e. The van der Waals surface area contributed by atoms with Crippen LogP contribution < -0.4 is 0 Å². The van der Waals surface area contributed by atoms with Gasteiger partial charge in [-0.1, -0.05) is 159 Å². The number of aryl methyl sites for hydroxylation is 1. The highest BCUT2D eigenvalue weighted by atomic mass is 79.9. The van der Waals surface area contributed by atoms with E-state index in [9.17, 15) is 28.8 Å². The quantitative estimate of drug-likeness (QED) is 0.0459. The van der Waals surface area contributed by atoms with Crippen LogP contribution in [0.5, 0.6) is 0 Å². The van der Waals surface area contributed by atoms with E-state index >= 15 is 4.39 Å². The van der Waals surface area contributed by atoms with Gasteiger partial charge in [-0.15, -0.1) is 0 Å². The SMILES string of the molecule is CC(C)(C)OC(=O)C1CN(C(=O)[C@@H](CC(=O)OCc2ccccc2)Cc2ccc(-c3ncc(Br)cn3)cc2)C1.CCCc1ccc(-c2ccc(-c3cnc(-c4ccc(C[C@H](CC(=O)OCc5ccccc5)C(=O)N5CC(C(=O)OC(C)(C)C)C5)cc4)nc3)c(F)c2)cc1. The van der Waals surface area contributed by atoms with Crippen LogP contribution in [0, 0.1) is 29.5 Å². The van der Waals surface area contributed by atoms with Crippen molar-refractivity contribution in [1.29, 1.82) is 0 Å². The smallest absolute Gasteiger partial charge is 0.313 e. The van der Waals surface area contributed by atoms with Crippen molar-refractivity contribution in [3.63, 3.8) is 0 Å². The van der Waals surface area contributed by atoms with E-state index in [0.717, 1.165) is 61.8 Å². The van der Waals surface area contributed by atoms with Gasteiger partial charge in [-0.2, -0.15) is 0 Å². The Labute approximate surface area is 551 Å². The molecule has 2 aromatic heterocycles. The zero-order valence-electron chi connectivity index (χ0n) is 53.6. The molecular weight excluding hydrogens is 1240 g/mol. The second kappa shape index (κ2) is 31.4. The molecule has 16 nitrogen and oxygen atoms in total. The maximum atomic E-state index is 15.3. The first-order valence-corrected chi connectivity index (χ1v) is 32.1. The molecule has 2 atom stereocenters. The first-order chi connectivity index (χ1) is 44.5. The van der Waals surface area contributed by atoms with Gasteiger partial charge in [0, 0.05) is 73.2 Å². The molecule has 4 heterocycles. The van der Waals surface area contributed by atoms with Crippen molar-refractivity contribution in [1.82, 2.24) is 29.7 Å². The maximum Gasteiger partial charge on any atom is 0.313 e. The topological polar surface area (TPSA) is 197 Å². The summed E-state index contributed by atoms with van der Waals surface area (Å²) in [7, 11) is 0. The molecule has 0 N–H and O–H groups in total. The number of halogens is 2. The maximum absolute atomic E-state index is 15.3. The third-order valence-corrected chi connectivity index (χ3v) is 16.1. The van der Waals surface area contributed by atoms with E-state index in [2.05, 4.69) is 54.9 Å². The number of hydrogen-bond acceptors (Lipinski definition) is 14. The lowest BCUT2D eigenvalue weighted by Gasteiger charge is -2.40.